The van der Waals surface area contributed by atoms with E-state index in [1.54, 1.807) is 16.7 Å². The summed E-state index contributed by atoms with van der Waals surface area (Å²) < 4.78 is 7.16. The molecule has 1 N–H and O–H groups in total. The van der Waals surface area contributed by atoms with Gasteiger partial charge in [0.05, 0.1) is 17.8 Å². The molecule has 2 heterocycles. The Morgan fingerprint density at radius 1 is 1.21 bits per heavy atom. The zero-order valence-electron chi connectivity index (χ0n) is 21.9. The number of rotatable bonds is 2. The molecule has 0 aromatic rings. The molecular weight excluding hydrogens is 442 g/mol. The highest BCUT2D eigenvalue weighted by Crippen LogP contribution is 2.63. The Hall–Kier alpha value is -0.350. The Morgan fingerprint density at radius 2 is 2.03 bits per heavy atom. The van der Waals surface area contributed by atoms with E-state index in [-0.39, 0.29) is 11.7 Å². The van der Waals surface area contributed by atoms with Crippen LogP contribution in [0.4, 0.5) is 0 Å². The first kappa shape index (κ1) is 24.0. The molecule has 0 aromatic carbocycles. The fourth-order valence-corrected chi connectivity index (χ4v) is 10.2. The quantitative estimate of drug-likeness (QED) is 0.364. The van der Waals surface area contributed by atoms with Crippen LogP contribution in [0.1, 0.15) is 85.5 Å². The van der Waals surface area contributed by atoms with E-state index in [2.05, 4.69) is 38.7 Å². The van der Waals surface area contributed by atoms with Gasteiger partial charge in [-0.3, -0.25) is 4.90 Å². The van der Waals surface area contributed by atoms with Crippen molar-refractivity contribution >= 4 is 11.6 Å². The van der Waals surface area contributed by atoms with Crippen LogP contribution in [-0.2, 0) is 4.74 Å². The molecule has 4 heteroatoms. The molecule has 0 radical (unpaired) electrons. The third-order valence-electron chi connectivity index (χ3n) is 11.6. The lowest BCUT2D eigenvalue weighted by Gasteiger charge is -2.49. The predicted molar refractivity (Wildman–Crippen MR) is 139 cm³/mol. The van der Waals surface area contributed by atoms with Crippen molar-refractivity contribution in [2.45, 2.75) is 109 Å². The highest BCUT2D eigenvalue weighted by atomic mass is 35.5. The predicted octanol–water partition coefficient (Wildman–Crippen LogP) is 6.34. The molecule has 6 rings (SSSR count). The van der Waals surface area contributed by atoms with Crippen LogP contribution in [0.3, 0.4) is 0 Å². The summed E-state index contributed by atoms with van der Waals surface area (Å²) in [6.07, 6.45) is 13.2. The number of nitrogens with zero attached hydrogens (tertiary/aromatic N) is 1. The average Bonchev–Trinajstić information content (AvgIpc) is 3.25. The Morgan fingerprint density at radius 3 is 2.82 bits per heavy atom. The Balaban J connectivity index is 1.27. The van der Waals surface area contributed by atoms with Gasteiger partial charge < -0.3 is 9.84 Å². The van der Waals surface area contributed by atoms with E-state index in [9.17, 15) is 5.11 Å². The Bertz CT molecular complexity index is 883. The maximum absolute atomic E-state index is 10.3. The number of ether oxygens (including phenoxy) is 1. The monoisotopic (exact) mass is 487 g/mol. The maximum atomic E-state index is 10.3. The number of allylic oxidation sites excluding steroid dienone is 2. The number of aliphatic hydroxyl groups excluding tert-OH is 1. The molecule has 34 heavy (non-hydrogen) atoms. The highest BCUT2D eigenvalue weighted by molar-refractivity contribution is 6.18. The first-order valence-electron chi connectivity index (χ1n) is 14.3. The number of aliphatic hydroxyl groups is 1. The van der Waals surface area contributed by atoms with Crippen molar-refractivity contribution in [1.29, 1.82) is 0 Å². The molecule has 2 saturated carbocycles. The summed E-state index contributed by atoms with van der Waals surface area (Å²) in [6, 6.07) is 0.534. The minimum absolute atomic E-state index is 0.00932. The number of piperidine rings is 1. The largest absolute Gasteiger partial charge is 0.393 e. The second kappa shape index (κ2) is 8.61. The van der Waals surface area contributed by atoms with E-state index in [0.29, 0.717) is 29.4 Å². The molecule has 1 spiro atoms. The Labute approximate surface area is 212 Å². The summed E-state index contributed by atoms with van der Waals surface area (Å²) in [4.78, 5) is 2.67. The minimum atomic E-state index is -0.116. The smallest absolute Gasteiger partial charge is 0.0765 e. The van der Waals surface area contributed by atoms with Crippen molar-refractivity contribution in [3.8, 4) is 0 Å². The van der Waals surface area contributed by atoms with Gasteiger partial charge in [0.15, 0.2) is 0 Å². The summed E-state index contributed by atoms with van der Waals surface area (Å²) in [5.41, 5.74) is 5.34. The van der Waals surface area contributed by atoms with Crippen molar-refractivity contribution < 1.29 is 9.84 Å². The first-order valence-corrected chi connectivity index (χ1v) is 14.8. The molecule has 2 aliphatic heterocycles. The minimum Gasteiger partial charge on any atom is -0.393 e. The fourth-order valence-electron chi connectivity index (χ4n) is 9.95. The molecule has 6 aliphatic rings. The summed E-state index contributed by atoms with van der Waals surface area (Å²) in [5.74, 6) is 4.27. The van der Waals surface area contributed by atoms with E-state index in [4.69, 9.17) is 16.3 Å². The van der Waals surface area contributed by atoms with Gasteiger partial charge in [0, 0.05) is 30.9 Å². The third-order valence-corrected chi connectivity index (χ3v) is 11.8. The molecule has 0 amide bonds. The lowest BCUT2D eigenvalue weighted by atomic mass is 9.56. The van der Waals surface area contributed by atoms with Gasteiger partial charge in [0.25, 0.3) is 0 Å². The average molecular weight is 488 g/mol. The molecule has 4 fully saturated rings. The topological polar surface area (TPSA) is 32.7 Å². The van der Waals surface area contributed by atoms with Crippen LogP contribution in [-0.4, -0.2) is 52.8 Å². The third kappa shape index (κ3) is 3.54. The SMILES string of the molecule is CC1=C2C[C@H]3[C@@H](CC=C4CC(O)CC[C@@]43C)[C@@H]2CC[C@@]2(C1)O[C@@H]1C[C@H](C)CN(CCCl)[C@H]1[C@H]2C. The molecule has 10 atom stereocenters. The zero-order chi connectivity index (χ0) is 23.8. The zero-order valence-corrected chi connectivity index (χ0v) is 22.6. The molecular formula is C30H46ClNO2. The van der Waals surface area contributed by atoms with E-state index in [1.165, 1.54) is 45.1 Å². The number of hydrogen-bond donors (Lipinski definition) is 1. The summed E-state index contributed by atoms with van der Waals surface area (Å²) in [5, 5.41) is 10.3. The lowest BCUT2D eigenvalue weighted by molar-refractivity contribution is -0.0789. The van der Waals surface area contributed by atoms with Crippen LogP contribution < -0.4 is 0 Å². The van der Waals surface area contributed by atoms with Crippen LogP contribution in [0.5, 0.6) is 0 Å². The summed E-state index contributed by atoms with van der Waals surface area (Å²) in [7, 11) is 0. The normalized spacial score (nSPS) is 50.9. The van der Waals surface area contributed by atoms with Crippen LogP contribution in [0, 0.1) is 35.0 Å². The van der Waals surface area contributed by atoms with E-state index >= 15 is 0 Å². The Kier molecular flexibility index (Phi) is 6.08. The van der Waals surface area contributed by atoms with Gasteiger partial charge in [-0.25, -0.2) is 0 Å². The van der Waals surface area contributed by atoms with Crippen molar-refractivity contribution in [3.63, 3.8) is 0 Å². The second-order valence-electron chi connectivity index (χ2n) is 13.4. The van der Waals surface area contributed by atoms with Crippen LogP contribution in [0.25, 0.3) is 0 Å². The number of hydrogen-bond acceptors (Lipinski definition) is 3. The second-order valence-corrected chi connectivity index (χ2v) is 13.8. The number of halogens is 1. The van der Waals surface area contributed by atoms with E-state index in [0.717, 1.165) is 49.4 Å². The lowest BCUT2D eigenvalue weighted by Crippen LogP contribution is -2.52. The molecule has 0 bridgehead atoms. The molecule has 4 aliphatic carbocycles. The van der Waals surface area contributed by atoms with Crippen molar-refractivity contribution in [2.75, 3.05) is 19.0 Å². The van der Waals surface area contributed by atoms with Crippen molar-refractivity contribution in [3.05, 3.63) is 22.8 Å². The van der Waals surface area contributed by atoms with Crippen LogP contribution in [0.15, 0.2) is 22.8 Å². The van der Waals surface area contributed by atoms with Gasteiger partial charge in [-0.15, -0.1) is 11.6 Å². The molecule has 3 nitrogen and oxygen atoms in total. The molecule has 2 saturated heterocycles. The van der Waals surface area contributed by atoms with Gasteiger partial charge in [-0.1, -0.05) is 43.6 Å². The van der Waals surface area contributed by atoms with Gasteiger partial charge in [0.1, 0.15) is 0 Å². The van der Waals surface area contributed by atoms with E-state index < -0.39 is 0 Å². The standard InChI is InChI=1S/C30H46ClNO2/c1-18-13-27-28(32(17-18)12-11-31)20(3)30(34-27)10-8-23-24-6-5-21-14-22(33)7-9-29(21,4)26(24)15-25(23)19(2)16-30/h5,18,20,22-24,26-28,33H,6-17H2,1-4H3/t18-,20+,22?,23-,24-,26-,27+,28-,29-,30-/m0/s1. The highest BCUT2D eigenvalue weighted by Gasteiger charge is 2.59. The molecule has 1 unspecified atom stereocenters. The van der Waals surface area contributed by atoms with Gasteiger partial charge >= 0.3 is 0 Å². The first-order chi connectivity index (χ1) is 16.3. The molecule has 0 aromatic heterocycles. The number of alkyl halides is 1. The van der Waals surface area contributed by atoms with Crippen LogP contribution >= 0.6 is 11.6 Å². The van der Waals surface area contributed by atoms with Gasteiger partial charge in [-0.2, -0.15) is 0 Å². The van der Waals surface area contributed by atoms with Gasteiger partial charge in [-0.05, 0) is 93.8 Å². The number of likely N-dealkylation sites (tertiary alicyclic amines) is 1. The fraction of sp³-hybridized carbons (Fsp3) is 0.867. The maximum Gasteiger partial charge on any atom is 0.0765 e. The summed E-state index contributed by atoms with van der Waals surface area (Å²) >= 11 is 6.24. The number of fused-ring (bicyclic) bond motifs is 6. The summed E-state index contributed by atoms with van der Waals surface area (Å²) in [6.45, 7) is 12.0. The molecule has 190 valence electrons. The van der Waals surface area contributed by atoms with Crippen LogP contribution in [0.2, 0.25) is 0 Å². The van der Waals surface area contributed by atoms with Gasteiger partial charge in [0.2, 0.25) is 0 Å². The van der Waals surface area contributed by atoms with Crippen molar-refractivity contribution in [1.82, 2.24) is 4.90 Å². The van der Waals surface area contributed by atoms with E-state index in [1.807, 2.05) is 0 Å². The van der Waals surface area contributed by atoms with Crippen molar-refractivity contribution in [2.24, 2.45) is 35.0 Å².